The smallest absolute Gasteiger partial charge is 0.288 e. The van der Waals surface area contributed by atoms with E-state index in [1.165, 1.54) is 6.07 Å². The third-order valence-electron chi connectivity index (χ3n) is 2.77. The Kier molecular flexibility index (Phi) is 5.89. The van der Waals surface area contributed by atoms with Gasteiger partial charge in [0.2, 0.25) is 0 Å². The lowest BCUT2D eigenvalue weighted by Crippen LogP contribution is -2.33. The van der Waals surface area contributed by atoms with Crippen LogP contribution in [-0.4, -0.2) is 28.4 Å². The maximum Gasteiger partial charge on any atom is 0.288 e. The number of carbonyl (C=O) groups excluding carboxylic acids is 1. The number of hydrogen-bond donors (Lipinski definition) is 2. The van der Waals surface area contributed by atoms with E-state index in [1.54, 1.807) is 0 Å². The Bertz CT molecular complexity index is 491. The Balaban J connectivity index is 3.02. The van der Waals surface area contributed by atoms with E-state index in [9.17, 15) is 14.9 Å². The summed E-state index contributed by atoms with van der Waals surface area (Å²) in [5, 5.41) is 16.5. The van der Waals surface area contributed by atoms with Crippen molar-refractivity contribution in [2.45, 2.75) is 39.7 Å². The predicted molar refractivity (Wildman–Crippen MR) is 76.9 cm³/mol. The van der Waals surface area contributed by atoms with Crippen LogP contribution in [0.2, 0.25) is 0 Å². The van der Waals surface area contributed by atoms with Crippen molar-refractivity contribution in [1.29, 1.82) is 0 Å². The monoisotopic (exact) mass is 280 g/mol. The molecule has 0 spiro atoms. The van der Waals surface area contributed by atoms with Crippen LogP contribution >= 0.6 is 0 Å². The Hall–Kier alpha value is -2.18. The molecule has 2 N–H and O–H groups in total. The average Bonchev–Trinajstić information content (AvgIpc) is 2.39. The molecule has 0 aliphatic heterocycles. The zero-order valence-corrected chi connectivity index (χ0v) is 12.0. The predicted octanol–water partition coefficient (Wildman–Crippen LogP) is 2.34. The summed E-state index contributed by atoms with van der Waals surface area (Å²) in [6, 6.07) is 1.26. The van der Waals surface area contributed by atoms with E-state index in [1.807, 2.05) is 20.8 Å². The van der Waals surface area contributed by atoms with E-state index in [0.29, 0.717) is 12.4 Å². The normalized spacial score (nSPS) is 11.8. The van der Waals surface area contributed by atoms with Crippen LogP contribution in [0.25, 0.3) is 0 Å². The van der Waals surface area contributed by atoms with Gasteiger partial charge in [0.25, 0.3) is 11.6 Å². The molecule has 0 aliphatic carbocycles. The van der Waals surface area contributed by atoms with E-state index in [-0.39, 0.29) is 23.2 Å². The van der Waals surface area contributed by atoms with Gasteiger partial charge in [-0.05, 0) is 20.3 Å². The summed E-state index contributed by atoms with van der Waals surface area (Å²) in [4.78, 5) is 26.4. The van der Waals surface area contributed by atoms with E-state index >= 15 is 0 Å². The van der Waals surface area contributed by atoms with Crippen molar-refractivity contribution in [3.05, 3.63) is 27.9 Å². The first-order valence-electron chi connectivity index (χ1n) is 6.68. The summed E-state index contributed by atoms with van der Waals surface area (Å²) in [5.41, 5.74) is 0.00366. The molecule has 0 fully saturated rings. The van der Waals surface area contributed by atoms with E-state index in [0.717, 1.165) is 19.0 Å². The van der Waals surface area contributed by atoms with Crippen molar-refractivity contribution in [3.8, 4) is 0 Å². The fourth-order valence-electron chi connectivity index (χ4n) is 1.84. The summed E-state index contributed by atoms with van der Waals surface area (Å²) >= 11 is 0. The van der Waals surface area contributed by atoms with Gasteiger partial charge in [0, 0.05) is 18.7 Å². The second kappa shape index (κ2) is 7.42. The number of amides is 1. The number of aromatic nitrogens is 1. The fourth-order valence-corrected chi connectivity index (χ4v) is 1.84. The number of pyridine rings is 1. The van der Waals surface area contributed by atoms with Crippen molar-refractivity contribution < 1.29 is 9.72 Å². The maximum atomic E-state index is 12.2. The van der Waals surface area contributed by atoms with Crippen LogP contribution in [0.5, 0.6) is 0 Å². The molecule has 7 heteroatoms. The minimum atomic E-state index is -0.561. The number of rotatable bonds is 7. The molecule has 1 heterocycles. The molecule has 0 aliphatic rings. The topological polar surface area (TPSA) is 97.2 Å². The highest BCUT2D eigenvalue weighted by molar-refractivity contribution is 5.99. The second-order valence-electron chi connectivity index (χ2n) is 4.54. The third kappa shape index (κ3) is 4.18. The van der Waals surface area contributed by atoms with Gasteiger partial charge in [-0.25, -0.2) is 4.98 Å². The van der Waals surface area contributed by atoms with Crippen LogP contribution < -0.4 is 10.6 Å². The summed E-state index contributed by atoms with van der Waals surface area (Å²) < 4.78 is 0. The zero-order valence-electron chi connectivity index (χ0n) is 12.0. The van der Waals surface area contributed by atoms with Gasteiger partial charge in [0.1, 0.15) is 12.0 Å². The van der Waals surface area contributed by atoms with Crippen molar-refractivity contribution in [2.24, 2.45) is 0 Å². The van der Waals surface area contributed by atoms with Gasteiger partial charge in [-0.1, -0.05) is 13.3 Å². The van der Waals surface area contributed by atoms with Gasteiger partial charge in [-0.3, -0.25) is 14.9 Å². The largest absolute Gasteiger partial charge is 0.370 e. The zero-order chi connectivity index (χ0) is 15.1. The lowest BCUT2D eigenvalue weighted by atomic mass is 10.1. The molecule has 1 aromatic rings. The van der Waals surface area contributed by atoms with Crippen molar-refractivity contribution >= 4 is 17.4 Å². The minimum Gasteiger partial charge on any atom is -0.370 e. The average molecular weight is 280 g/mol. The standard InChI is InChI=1S/C13H20N4O3/c1-4-6-9(3)16-13(18)11-7-10(17(19)20)8-15-12(11)14-5-2/h7-9H,4-6H2,1-3H3,(H,14,15)(H,16,18). The Morgan fingerprint density at radius 2 is 2.20 bits per heavy atom. The van der Waals surface area contributed by atoms with Gasteiger partial charge < -0.3 is 10.6 Å². The van der Waals surface area contributed by atoms with Crippen LogP contribution in [-0.2, 0) is 0 Å². The molecule has 0 saturated heterocycles. The number of anilines is 1. The quantitative estimate of drug-likeness (QED) is 0.590. The lowest BCUT2D eigenvalue weighted by Gasteiger charge is -2.14. The molecule has 0 radical (unpaired) electrons. The summed E-state index contributed by atoms with van der Waals surface area (Å²) in [6.07, 6.45) is 2.95. The van der Waals surface area contributed by atoms with Crippen LogP contribution in [0.15, 0.2) is 12.3 Å². The van der Waals surface area contributed by atoms with Gasteiger partial charge in [-0.2, -0.15) is 0 Å². The number of hydrogen-bond acceptors (Lipinski definition) is 5. The highest BCUT2D eigenvalue weighted by Crippen LogP contribution is 2.19. The second-order valence-corrected chi connectivity index (χ2v) is 4.54. The Morgan fingerprint density at radius 3 is 2.75 bits per heavy atom. The molecule has 1 rings (SSSR count). The number of carbonyl (C=O) groups is 1. The molecule has 0 bridgehead atoms. The van der Waals surface area contributed by atoms with E-state index in [2.05, 4.69) is 15.6 Å². The first-order valence-corrected chi connectivity index (χ1v) is 6.68. The summed E-state index contributed by atoms with van der Waals surface area (Å²) in [5.74, 6) is 0.0115. The van der Waals surface area contributed by atoms with Crippen LogP contribution in [0.3, 0.4) is 0 Å². The van der Waals surface area contributed by atoms with Crippen molar-refractivity contribution in [3.63, 3.8) is 0 Å². The number of nitro groups is 1. The number of nitrogens with one attached hydrogen (secondary N) is 2. The van der Waals surface area contributed by atoms with Gasteiger partial charge in [0.15, 0.2) is 0 Å². The van der Waals surface area contributed by atoms with E-state index < -0.39 is 4.92 Å². The molecule has 1 atom stereocenters. The molecular weight excluding hydrogens is 260 g/mol. The SMILES string of the molecule is CCCC(C)NC(=O)c1cc([N+](=O)[O-])cnc1NCC. The molecule has 1 aromatic heterocycles. The van der Waals surface area contributed by atoms with Gasteiger partial charge in [-0.15, -0.1) is 0 Å². The Morgan fingerprint density at radius 1 is 1.50 bits per heavy atom. The highest BCUT2D eigenvalue weighted by atomic mass is 16.6. The Labute approximate surface area is 117 Å². The molecule has 1 unspecified atom stereocenters. The lowest BCUT2D eigenvalue weighted by molar-refractivity contribution is -0.385. The first-order chi connectivity index (χ1) is 9.49. The number of nitrogens with zero attached hydrogens (tertiary/aromatic N) is 2. The minimum absolute atomic E-state index is 0.0150. The van der Waals surface area contributed by atoms with Crippen LogP contribution in [0.4, 0.5) is 11.5 Å². The first kappa shape index (κ1) is 15.9. The van der Waals surface area contributed by atoms with E-state index in [4.69, 9.17) is 0 Å². The fraction of sp³-hybridized carbons (Fsp3) is 0.538. The molecule has 0 saturated carbocycles. The summed E-state index contributed by atoms with van der Waals surface area (Å²) in [7, 11) is 0. The summed E-state index contributed by atoms with van der Waals surface area (Å²) in [6.45, 7) is 6.38. The highest BCUT2D eigenvalue weighted by Gasteiger charge is 2.19. The van der Waals surface area contributed by atoms with Crippen molar-refractivity contribution in [1.82, 2.24) is 10.3 Å². The maximum absolute atomic E-state index is 12.2. The molecule has 20 heavy (non-hydrogen) atoms. The van der Waals surface area contributed by atoms with Gasteiger partial charge in [0.05, 0.1) is 10.5 Å². The van der Waals surface area contributed by atoms with Crippen molar-refractivity contribution in [2.75, 3.05) is 11.9 Å². The third-order valence-corrected chi connectivity index (χ3v) is 2.77. The molecular formula is C13H20N4O3. The van der Waals surface area contributed by atoms with Gasteiger partial charge >= 0.3 is 0 Å². The van der Waals surface area contributed by atoms with Crippen LogP contribution in [0.1, 0.15) is 44.0 Å². The molecule has 110 valence electrons. The van der Waals surface area contributed by atoms with Crippen LogP contribution in [0, 0.1) is 10.1 Å². The molecule has 7 nitrogen and oxygen atoms in total. The molecule has 0 aromatic carbocycles. The molecule has 1 amide bonds.